The largest absolute Gasteiger partial charge is 0.460 e. The van der Waals surface area contributed by atoms with E-state index in [0.29, 0.717) is 18.4 Å². The minimum absolute atomic E-state index is 0.132. The second kappa shape index (κ2) is 10.1. The fourth-order valence-electron chi connectivity index (χ4n) is 4.11. The minimum Gasteiger partial charge on any atom is -0.460 e. The fraction of sp³-hybridized carbons (Fsp3) is 0.800. The van der Waals surface area contributed by atoms with Gasteiger partial charge in [0, 0.05) is 36.9 Å². The number of hydrogen-bond acceptors (Lipinski definition) is 5. The van der Waals surface area contributed by atoms with Crippen molar-refractivity contribution >= 4 is 17.2 Å². The average molecular weight is 434 g/mol. The molecule has 3 rings (SSSR count). The molecule has 0 radical (unpaired) electrons. The summed E-state index contributed by atoms with van der Waals surface area (Å²) in [5.41, 5.74) is 0.891. The number of thiazole rings is 1. The monoisotopic (exact) mass is 433 g/mol. The van der Waals surface area contributed by atoms with Crippen LogP contribution in [0, 0.1) is 5.92 Å². The van der Waals surface area contributed by atoms with Gasteiger partial charge in [-0.15, -0.1) is 0 Å². The van der Waals surface area contributed by atoms with Gasteiger partial charge >= 0.3 is 6.18 Å². The molecular weight excluding hydrogens is 403 g/mol. The lowest BCUT2D eigenvalue weighted by Crippen LogP contribution is -2.37. The average Bonchev–Trinajstić information content (AvgIpc) is 2.99. The van der Waals surface area contributed by atoms with Crippen LogP contribution >= 0.6 is 11.3 Å². The summed E-state index contributed by atoms with van der Waals surface area (Å²) < 4.78 is 41.7. The molecular formula is C20H30F3N3O2S. The van der Waals surface area contributed by atoms with Crippen molar-refractivity contribution in [3.63, 3.8) is 0 Å². The molecule has 1 aliphatic carbocycles. The molecule has 1 fully saturated rings. The molecule has 0 aromatic carbocycles. The Morgan fingerprint density at radius 2 is 1.97 bits per heavy atom. The van der Waals surface area contributed by atoms with Gasteiger partial charge in [0.1, 0.15) is 0 Å². The predicted molar refractivity (Wildman–Crippen MR) is 106 cm³/mol. The van der Waals surface area contributed by atoms with Crippen LogP contribution in [0.2, 0.25) is 0 Å². The van der Waals surface area contributed by atoms with E-state index in [1.807, 2.05) is 6.92 Å². The van der Waals surface area contributed by atoms with Crippen LogP contribution in [0.4, 0.5) is 13.2 Å². The Kier molecular flexibility index (Phi) is 7.79. The molecule has 5 nitrogen and oxygen atoms in total. The Morgan fingerprint density at radius 3 is 2.66 bits per heavy atom. The number of nitrogens with one attached hydrogen (secondary N) is 1. The van der Waals surface area contributed by atoms with E-state index in [9.17, 15) is 18.0 Å². The second-order valence-corrected chi connectivity index (χ2v) is 9.07. The van der Waals surface area contributed by atoms with E-state index < -0.39 is 12.8 Å². The van der Waals surface area contributed by atoms with E-state index in [4.69, 9.17) is 4.74 Å². The molecule has 1 N–H and O–H groups in total. The zero-order valence-corrected chi connectivity index (χ0v) is 17.7. The molecule has 1 aliphatic heterocycles. The van der Waals surface area contributed by atoms with Gasteiger partial charge in [-0.25, -0.2) is 4.98 Å². The third-order valence-electron chi connectivity index (χ3n) is 5.82. The lowest BCUT2D eigenvalue weighted by molar-refractivity contribution is -0.153. The molecule has 0 bridgehead atoms. The molecule has 1 saturated carbocycles. The summed E-state index contributed by atoms with van der Waals surface area (Å²) in [6, 6.07) is 0.340. The maximum atomic E-state index is 12.3. The van der Waals surface area contributed by atoms with Gasteiger partial charge in [0.05, 0.1) is 5.69 Å². The van der Waals surface area contributed by atoms with E-state index >= 15 is 0 Å². The Balaban J connectivity index is 1.37. The molecule has 1 aromatic rings. The Labute approximate surface area is 174 Å². The third-order valence-corrected chi connectivity index (χ3v) is 6.89. The summed E-state index contributed by atoms with van der Waals surface area (Å²) in [6.07, 6.45) is 3.42. The van der Waals surface area contributed by atoms with Gasteiger partial charge < -0.3 is 15.0 Å². The van der Waals surface area contributed by atoms with Crippen LogP contribution in [0.1, 0.15) is 56.0 Å². The maximum absolute atomic E-state index is 12.3. The van der Waals surface area contributed by atoms with Crippen molar-refractivity contribution in [3.05, 3.63) is 10.6 Å². The van der Waals surface area contributed by atoms with E-state index in [-0.39, 0.29) is 11.1 Å². The molecule has 0 unspecified atom stereocenters. The van der Waals surface area contributed by atoms with Gasteiger partial charge in [-0.1, -0.05) is 18.3 Å². The normalized spacial score (nSPS) is 23.3. The summed E-state index contributed by atoms with van der Waals surface area (Å²) in [4.78, 5) is 19.3. The van der Waals surface area contributed by atoms with Gasteiger partial charge in [0.2, 0.25) is 5.91 Å². The molecule has 1 amide bonds. The van der Waals surface area contributed by atoms with Crippen LogP contribution in [0.15, 0.2) is 0 Å². The molecule has 164 valence electrons. The quantitative estimate of drug-likeness (QED) is 0.707. The maximum Gasteiger partial charge on any atom is 0.422 e. The number of aromatic nitrogens is 1. The van der Waals surface area contributed by atoms with Crippen LogP contribution < -0.4 is 10.1 Å². The predicted octanol–water partition coefficient (Wildman–Crippen LogP) is 3.96. The molecule has 1 aromatic heterocycles. The zero-order chi connectivity index (χ0) is 20.9. The first-order valence-corrected chi connectivity index (χ1v) is 11.3. The summed E-state index contributed by atoms with van der Waals surface area (Å²) >= 11 is 1.25. The number of rotatable bonds is 7. The number of hydrogen-bond donors (Lipinski definition) is 1. The second-order valence-electron chi connectivity index (χ2n) is 8.02. The first-order valence-electron chi connectivity index (χ1n) is 10.5. The van der Waals surface area contributed by atoms with Gasteiger partial charge in [0.25, 0.3) is 5.19 Å². The number of amides is 1. The first-order chi connectivity index (χ1) is 13.8. The molecule has 29 heavy (non-hydrogen) atoms. The fourth-order valence-corrected chi connectivity index (χ4v) is 5.05. The molecule has 0 saturated heterocycles. The van der Waals surface area contributed by atoms with E-state index in [2.05, 4.69) is 15.2 Å². The third kappa shape index (κ3) is 7.13. The molecule has 9 heteroatoms. The molecule has 0 spiro atoms. The van der Waals surface area contributed by atoms with Crippen molar-refractivity contribution < 1.29 is 22.7 Å². The zero-order valence-electron chi connectivity index (χ0n) is 16.9. The van der Waals surface area contributed by atoms with Crippen LogP contribution in [-0.2, 0) is 17.6 Å². The first kappa shape index (κ1) is 22.3. The van der Waals surface area contributed by atoms with E-state index in [0.717, 1.165) is 75.2 Å². The highest BCUT2D eigenvalue weighted by Crippen LogP contribution is 2.30. The Morgan fingerprint density at radius 1 is 1.24 bits per heavy atom. The minimum atomic E-state index is -4.33. The lowest BCUT2D eigenvalue weighted by Gasteiger charge is -2.30. The number of carbonyl (C=O) groups is 1. The number of nitrogens with zero attached hydrogens (tertiary/aromatic N) is 2. The van der Waals surface area contributed by atoms with Crippen molar-refractivity contribution in [1.29, 1.82) is 0 Å². The number of halogens is 3. The number of carbonyl (C=O) groups excluding carboxylic acids is 1. The van der Waals surface area contributed by atoms with Crippen LogP contribution in [0.25, 0.3) is 0 Å². The van der Waals surface area contributed by atoms with Gasteiger partial charge in [-0.3, -0.25) is 4.79 Å². The van der Waals surface area contributed by atoms with Crippen molar-refractivity contribution in [2.24, 2.45) is 5.92 Å². The molecule has 2 heterocycles. The van der Waals surface area contributed by atoms with Gasteiger partial charge in [-0.2, -0.15) is 13.2 Å². The summed E-state index contributed by atoms with van der Waals surface area (Å²) in [6.45, 7) is 3.44. The van der Waals surface area contributed by atoms with Crippen LogP contribution in [-0.4, -0.2) is 54.3 Å². The number of ether oxygens (including phenoxy) is 1. The Hall–Kier alpha value is -1.35. The van der Waals surface area contributed by atoms with E-state index in [1.54, 1.807) is 0 Å². The van der Waals surface area contributed by atoms with Crippen LogP contribution in [0.3, 0.4) is 0 Å². The van der Waals surface area contributed by atoms with Crippen molar-refractivity contribution in [2.45, 2.75) is 70.5 Å². The Bertz CT molecular complexity index is 647. The highest BCUT2D eigenvalue weighted by Gasteiger charge is 2.30. The number of fused-ring (bicyclic) bond motifs is 1. The van der Waals surface area contributed by atoms with Crippen LogP contribution in [0.5, 0.6) is 5.19 Å². The highest BCUT2D eigenvalue weighted by atomic mass is 32.1. The smallest absolute Gasteiger partial charge is 0.422 e. The standard InChI is InChI=1S/C20H30F3N3O2S/c1-2-18(27)24-15-5-3-14(4-6-15)7-10-26-11-8-16-17(9-12-26)29-19(25-16)28-13-20(21,22)23/h14-15H,2-13H2,1H3,(H,24,27)/t14-,15-. The topological polar surface area (TPSA) is 54.5 Å². The SMILES string of the molecule is CCC(=O)N[C@H]1CC[C@H](CCN2CCc3nc(OCC(F)(F)F)sc3CC2)CC1. The lowest BCUT2D eigenvalue weighted by atomic mass is 9.84. The number of alkyl halides is 3. The van der Waals surface area contributed by atoms with Crippen molar-refractivity contribution in [1.82, 2.24) is 15.2 Å². The molecule has 0 atom stereocenters. The van der Waals surface area contributed by atoms with Crippen molar-refractivity contribution in [3.8, 4) is 5.19 Å². The van der Waals surface area contributed by atoms with Gasteiger partial charge in [0.15, 0.2) is 6.61 Å². The van der Waals surface area contributed by atoms with E-state index in [1.165, 1.54) is 11.3 Å². The van der Waals surface area contributed by atoms with Crippen molar-refractivity contribution in [2.75, 3.05) is 26.2 Å². The highest BCUT2D eigenvalue weighted by molar-refractivity contribution is 7.13. The van der Waals surface area contributed by atoms with Gasteiger partial charge in [-0.05, 0) is 51.0 Å². The molecule has 2 aliphatic rings. The summed E-state index contributed by atoms with van der Waals surface area (Å²) in [7, 11) is 0. The summed E-state index contributed by atoms with van der Waals surface area (Å²) in [5.74, 6) is 0.855. The summed E-state index contributed by atoms with van der Waals surface area (Å²) in [5, 5.41) is 3.24.